The van der Waals surface area contributed by atoms with Crippen LogP contribution in [-0.2, 0) is 4.79 Å². The molecule has 3 aromatic carbocycles. The average Bonchev–Trinajstić information content (AvgIpc) is 3.40. The van der Waals surface area contributed by atoms with E-state index in [9.17, 15) is 4.79 Å². The van der Waals surface area contributed by atoms with E-state index < -0.39 is 0 Å². The summed E-state index contributed by atoms with van der Waals surface area (Å²) < 4.78 is 16.4. The third kappa shape index (κ3) is 3.70. The number of amides is 1. The molecule has 0 aromatic heterocycles. The molecule has 0 spiro atoms. The average molecular weight is 459 g/mol. The Balaban J connectivity index is 1.57. The number of nitrogens with zero attached hydrogens (tertiary/aromatic N) is 2. The van der Waals surface area contributed by atoms with Crippen molar-refractivity contribution >= 4 is 29.3 Å². The van der Waals surface area contributed by atoms with Gasteiger partial charge in [-0.15, -0.1) is 0 Å². The van der Waals surface area contributed by atoms with Gasteiger partial charge in [-0.05, 0) is 47.1 Å². The molecular weight excluding hydrogens is 436 g/mol. The first kappa shape index (κ1) is 21.0. The van der Waals surface area contributed by atoms with Crippen LogP contribution in [0, 0.1) is 0 Å². The number of fused-ring (bicyclic) bond motifs is 1. The lowest BCUT2D eigenvalue weighted by Crippen LogP contribution is -2.35. The topological polar surface area (TPSA) is 51.2 Å². The highest BCUT2D eigenvalue weighted by Gasteiger charge is 2.41. The van der Waals surface area contributed by atoms with Crippen LogP contribution in [0.25, 0.3) is 6.08 Å². The molecule has 1 saturated heterocycles. The van der Waals surface area contributed by atoms with Crippen LogP contribution in [0.4, 0.5) is 0 Å². The van der Waals surface area contributed by atoms with Gasteiger partial charge in [-0.3, -0.25) is 9.69 Å². The number of carbonyl (C=O) groups excluding carboxylic acids is 1. The van der Waals surface area contributed by atoms with E-state index >= 15 is 0 Å². The van der Waals surface area contributed by atoms with Crippen molar-refractivity contribution in [1.82, 2.24) is 9.80 Å². The van der Waals surface area contributed by atoms with Crippen LogP contribution < -0.4 is 14.2 Å². The van der Waals surface area contributed by atoms with E-state index in [1.54, 1.807) is 23.0 Å². The summed E-state index contributed by atoms with van der Waals surface area (Å²) in [7, 11) is 3.38. The van der Waals surface area contributed by atoms with E-state index in [0.29, 0.717) is 28.1 Å². The van der Waals surface area contributed by atoms with Crippen molar-refractivity contribution in [2.45, 2.75) is 6.04 Å². The Labute approximate surface area is 197 Å². The van der Waals surface area contributed by atoms with Crippen LogP contribution >= 0.6 is 12.2 Å². The summed E-state index contributed by atoms with van der Waals surface area (Å²) in [5, 5.41) is 0.441. The molecule has 2 aliphatic rings. The van der Waals surface area contributed by atoms with Crippen LogP contribution in [0.2, 0.25) is 0 Å². The molecule has 0 bridgehead atoms. The molecule has 1 amide bonds. The molecule has 0 atom stereocenters. The summed E-state index contributed by atoms with van der Waals surface area (Å²) in [6, 6.07) is 23.1. The number of ether oxygens (including phenoxy) is 3. The molecule has 166 valence electrons. The van der Waals surface area contributed by atoms with E-state index in [1.807, 2.05) is 79.8 Å². The molecule has 6 nitrogen and oxygen atoms in total. The van der Waals surface area contributed by atoms with Crippen LogP contribution in [0.5, 0.6) is 17.2 Å². The fourth-order valence-electron chi connectivity index (χ4n) is 4.16. The fraction of sp³-hybridized carbons (Fsp3) is 0.154. The van der Waals surface area contributed by atoms with Crippen molar-refractivity contribution in [2.24, 2.45) is 0 Å². The Morgan fingerprint density at radius 3 is 2.24 bits per heavy atom. The molecular formula is C26H22N2O4S. The molecule has 7 heteroatoms. The smallest absolute Gasteiger partial charge is 0.277 e. The van der Waals surface area contributed by atoms with Gasteiger partial charge < -0.3 is 19.1 Å². The minimum absolute atomic E-state index is 0.137. The van der Waals surface area contributed by atoms with Crippen LogP contribution in [0.1, 0.15) is 22.7 Å². The Hall–Kier alpha value is -3.84. The van der Waals surface area contributed by atoms with Gasteiger partial charge in [0.25, 0.3) is 5.91 Å². The number of methoxy groups -OCH3 is 1. The summed E-state index contributed by atoms with van der Waals surface area (Å²) in [6.45, 7) is 0.137. The second-order valence-electron chi connectivity index (χ2n) is 7.73. The number of hydrogen-bond acceptors (Lipinski definition) is 5. The lowest BCUT2D eigenvalue weighted by Gasteiger charge is -2.28. The zero-order valence-electron chi connectivity index (χ0n) is 18.2. The maximum atomic E-state index is 13.7. The van der Waals surface area contributed by atoms with Gasteiger partial charge in [0.1, 0.15) is 5.70 Å². The Morgan fingerprint density at radius 2 is 1.64 bits per heavy atom. The molecule has 1 fully saturated rings. The van der Waals surface area contributed by atoms with Crippen molar-refractivity contribution in [3.8, 4) is 17.2 Å². The normalized spacial score (nSPS) is 16.3. The summed E-state index contributed by atoms with van der Waals surface area (Å²) in [4.78, 5) is 17.2. The highest BCUT2D eigenvalue weighted by Crippen LogP contribution is 2.43. The van der Waals surface area contributed by atoms with E-state index in [0.717, 1.165) is 16.7 Å². The summed E-state index contributed by atoms with van der Waals surface area (Å²) in [6.07, 6.45) is 1.80. The number of benzene rings is 3. The second-order valence-corrected chi connectivity index (χ2v) is 8.09. The first-order valence-electron chi connectivity index (χ1n) is 10.5. The Kier molecular flexibility index (Phi) is 5.48. The Morgan fingerprint density at radius 1 is 1.00 bits per heavy atom. The van der Waals surface area contributed by atoms with Gasteiger partial charge in [-0.25, -0.2) is 0 Å². The van der Waals surface area contributed by atoms with Crippen LogP contribution in [-0.4, -0.2) is 41.8 Å². The van der Waals surface area contributed by atoms with E-state index in [4.69, 9.17) is 26.4 Å². The van der Waals surface area contributed by atoms with Gasteiger partial charge in [0.15, 0.2) is 16.6 Å². The third-order valence-electron chi connectivity index (χ3n) is 5.77. The van der Waals surface area contributed by atoms with Crippen molar-refractivity contribution in [1.29, 1.82) is 0 Å². The number of rotatable bonds is 5. The van der Waals surface area contributed by atoms with Crippen LogP contribution in [0.3, 0.4) is 0 Å². The molecule has 5 rings (SSSR count). The van der Waals surface area contributed by atoms with E-state index in [2.05, 4.69) is 0 Å². The molecule has 0 radical (unpaired) electrons. The maximum absolute atomic E-state index is 13.7. The van der Waals surface area contributed by atoms with Crippen molar-refractivity contribution in [3.63, 3.8) is 0 Å². The predicted molar refractivity (Wildman–Crippen MR) is 129 cm³/mol. The van der Waals surface area contributed by atoms with Gasteiger partial charge >= 0.3 is 0 Å². The predicted octanol–water partition coefficient (Wildman–Crippen LogP) is 4.61. The van der Waals surface area contributed by atoms with Crippen molar-refractivity contribution in [2.75, 3.05) is 21.0 Å². The molecule has 2 aliphatic heterocycles. The highest BCUT2D eigenvalue weighted by molar-refractivity contribution is 7.80. The van der Waals surface area contributed by atoms with E-state index in [-0.39, 0.29) is 18.7 Å². The number of carbonyl (C=O) groups is 1. The maximum Gasteiger partial charge on any atom is 0.277 e. The van der Waals surface area contributed by atoms with Gasteiger partial charge in [0, 0.05) is 7.05 Å². The molecule has 3 aromatic rings. The summed E-state index contributed by atoms with van der Waals surface area (Å²) in [5.74, 6) is 1.53. The standard InChI is InChI=1S/C26H22N2O4S/c1-27-20(13-17-14-21(30-2)24-22(15-17)31-16-32-24)25(29)28(26(27)33)23(18-9-5-3-6-10-18)19-11-7-4-8-12-19/h3-15,23H,16H2,1-2H3/b20-13+. The monoisotopic (exact) mass is 458 g/mol. The zero-order chi connectivity index (χ0) is 22.9. The van der Waals surface area contributed by atoms with Gasteiger partial charge in [0.05, 0.1) is 13.2 Å². The first-order valence-corrected chi connectivity index (χ1v) is 10.9. The van der Waals surface area contributed by atoms with E-state index in [1.165, 1.54) is 0 Å². The molecule has 0 unspecified atom stereocenters. The highest BCUT2D eigenvalue weighted by atomic mass is 32.1. The second kappa shape index (κ2) is 8.60. The molecule has 33 heavy (non-hydrogen) atoms. The lowest BCUT2D eigenvalue weighted by atomic mass is 9.97. The van der Waals surface area contributed by atoms with Gasteiger partial charge in [-0.2, -0.15) is 0 Å². The minimum Gasteiger partial charge on any atom is -0.493 e. The first-order chi connectivity index (χ1) is 16.1. The third-order valence-corrected chi connectivity index (χ3v) is 6.24. The minimum atomic E-state index is -0.341. The molecule has 2 heterocycles. The number of hydrogen-bond donors (Lipinski definition) is 0. The number of thiocarbonyl (C=S) groups is 1. The quantitative estimate of drug-likeness (QED) is 0.411. The van der Waals surface area contributed by atoms with Crippen LogP contribution in [0.15, 0.2) is 78.5 Å². The number of likely N-dealkylation sites (N-methyl/N-ethyl adjacent to an activating group) is 1. The van der Waals surface area contributed by atoms with Crippen molar-refractivity contribution < 1.29 is 19.0 Å². The molecule has 0 aliphatic carbocycles. The molecule has 0 saturated carbocycles. The summed E-state index contributed by atoms with van der Waals surface area (Å²) in [5.41, 5.74) is 3.20. The fourth-order valence-corrected chi connectivity index (χ4v) is 4.44. The Bertz CT molecular complexity index is 1200. The molecule has 0 N–H and O–H groups in total. The summed E-state index contributed by atoms with van der Waals surface area (Å²) >= 11 is 5.76. The van der Waals surface area contributed by atoms with Gasteiger partial charge in [0.2, 0.25) is 12.5 Å². The largest absolute Gasteiger partial charge is 0.493 e. The van der Waals surface area contributed by atoms with Gasteiger partial charge in [-0.1, -0.05) is 60.7 Å². The zero-order valence-corrected chi connectivity index (χ0v) is 19.0. The lowest BCUT2D eigenvalue weighted by molar-refractivity contribution is -0.123. The SMILES string of the molecule is COc1cc(/C=C2\C(=O)N(C(c3ccccc3)c3ccccc3)C(=S)N2C)cc2c1OCO2. The van der Waals surface area contributed by atoms with Crippen molar-refractivity contribution in [3.05, 3.63) is 95.2 Å².